The molecule has 0 unspecified atom stereocenters. The lowest BCUT2D eigenvalue weighted by molar-refractivity contribution is -0.134. The zero-order valence-corrected chi connectivity index (χ0v) is 8.55. The van der Waals surface area contributed by atoms with E-state index in [0.29, 0.717) is 11.3 Å². The van der Waals surface area contributed by atoms with Gasteiger partial charge in [-0.25, -0.2) is 0 Å². The SMILES string of the molecule is FC(F)(F)c1cccs1.c1ccccc1. The number of rotatable bonds is 0. The standard InChI is InChI=1S/C6H6.C5H3F3S/c1-2-4-6-5-3-1;6-5(7,8)4-2-1-3-9-4/h1-6H;1-3H. The first kappa shape index (κ1) is 11.8. The van der Waals surface area contributed by atoms with Crippen LogP contribution in [0.4, 0.5) is 13.2 Å². The largest absolute Gasteiger partial charge is 0.425 e. The van der Waals surface area contributed by atoms with E-state index in [-0.39, 0.29) is 0 Å². The van der Waals surface area contributed by atoms with Gasteiger partial charge in [0.1, 0.15) is 4.88 Å². The number of thiophene rings is 1. The van der Waals surface area contributed by atoms with Crippen molar-refractivity contribution in [2.24, 2.45) is 0 Å². The summed E-state index contributed by atoms with van der Waals surface area (Å²) in [6.07, 6.45) is -4.16. The van der Waals surface area contributed by atoms with Crippen LogP contribution in [0.15, 0.2) is 53.9 Å². The van der Waals surface area contributed by atoms with E-state index in [1.807, 2.05) is 36.4 Å². The average Bonchev–Trinajstić information content (AvgIpc) is 2.73. The van der Waals surface area contributed by atoms with E-state index in [0.717, 1.165) is 6.07 Å². The number of benzene rings is 1. The van der Waals surface area contributed by atoms with E-state index in [1.54, 1.807) is 0 Å². The molecule has 0 aliphatic rings. The predicted octanol–water partition coefficient (Wildman–Crippen LogP) is 4.45. The van der Waals surface area contributed by atoms with Crippen LogP contribution < -0.4 is 0 Å². The zero-order chi connectivity index (χ0) is 11.1. The molecule has 0 fully saturated rings. The maximum absolute atomic E-state index is 11.6. The average molecular weight is 230 g/mol. The van der Waals surface area contributed by atoms with Crippen LogP contribution in [0, 0.1) is 0 Å². The van der Waals surface area contributed by atoms with Crippen molar-refractivity contribution in [3.05, 3.63) is 58.8 Å². The first-order valence-corrected chi connectivity index (χ1v) is 5.09. The smallest absolute Gasteiger partial charge is 0.165 e. The summed E-state index contributed by atoms with van der Waals surface area (Å²) in [6, 6.07) is 14.4. The fourth-order valence-electron chi connectivity index (χ4n) is 0.825. The summed E-state index contributed by atoms with van der Waals surface area (Å²) in [5.41, 5.74) is 0. The van der Waals surface area contributed by atoms with Crippen LogP contribution in [-0.2, 0) is 6.18 Å². The van der Waals surface area contributed by atoms with Crippen LogP contribution in [0.1, 0.15) is 4.88 Å². The lowest BCUT2D eigenvalue weighted by Gasteiger charge is -1.99. The van der Waals surface area contributed by atoms with Gasteiger partial charge in [0.2, 0.25) is 0 Å². The van der Waals surface area contributed by atoms with Gasteiger partial charge in [0.15, 0.2) is 0 Å². The van der Waals surface area contributed by atoms with Gasteiger partial charge < -0.3 is 0 Å². The molecule has 15 heavy (non-hydrogen) atoms. The molecule has 0 nitrogen and oxygen atoms in total. The molecule has 2 aromatic rings. The van der Waals surface area contributed by atoms with E-state index in [9.17, 15) is 13.2 Å². The van der Waals surface area contributed by atoms with Crippen molar-refractivity contribution in [3.63, 3.8) is 0 Å². The van der Waals surface area contributed by atoms with Gasteiger partial charge in [-0.05, 0) is 11.4 Å². The third-order valence-electron chi connectivity index (χ3n) is 1.47. The summed E-state index contributed by atoms with van der Waals surface area (Å²) in [5.74, 6) is 0. The Kier molecular flexibility index (Phi) is 4.37. The van der Waals surface area contributed by atoms with Gasteiger partial charge in [0.05, 0.1) is 0 Å². The molecule has 1 heterocycles. The minimum Gasteiger partial charge on any atom is -0.165 e. The second-order valence-electron chi connectivity index (χ2n) is 2.63. The Morgan fingerprint density at radius 1 is 0.800 bits per heavy atom. The van der Waals surface area contributed by atoms with Crippen molar-refractivity contribution in [2.45, 2.75) is 6.18 Å². The Balaban J connectivity index is 0.000000162. The van der Waals surface area contributed by atoms with Crippen molar-refractivity contribution in [3.8, 4) is 0 Å². The Bertz CT molecular complexity index is 324. The van der Waals surface area contributed by atoms with Gasteiger partial charge in [-0.1, -0.05) is 42.5 Å². The monoisotopic (exact) mass is 230 g/mol. The molecule has 0 amide bonds. The fourth-order valence-corrected chi connectivity index (χ4v) is 1.42. The molecule has 0 N–H and O–H groups in total. The van der Waals surface area contributed by atoms with Crippen LogP contribution in [0.25, 0.3) is 0 Å². The first-order valence-electron chi connectivity index (χ1n) is 4.21. The van der Waals surface area contributed by atoms with Gasteiger partial charge in [-0.15, -0.1) is 11.3 Å². The Morgan fingerprint density at radius 3 is 1.47 bits per heavy atom. The highest BCUT2D eigenvalue weighted by Gasteiger charge is 2.31. The van der Waals surface area contributed by atoms with Crippen molar-refractivity contribution in [2.75, 3.05) is 0 Å². The lowest BCUT2D eigenvalue weighted by Crippen LogP contribution is -2.00. The summed E-state index contributed by atoms with van der Waals surface area (Å²) in [7, 11) is 0. The van der Waals surface area contributed by atoms with Crippen LogP contribution in [0.2, 0.25) is 0 Å². The van der Waals surface area contributed by atoms with Crippen molar-refractivity contribution in [1.29, 1.82) is 0 Å². The van der Waals surface area contributed by atoms with Gasteiger partial charge in [-0.3, -0.25) is 0 Å². The first-order chi connectivity index (χ1) is 7.11. The van der Waals surface area contributed by atoms with E-state index in [4.69, 9.17) is 0 Å². The Labute approximate surface area is 90.0 Å². The summed E-state index contributed by atoms with van der Waals surface area (Å²) >= 11 is 0.705. The van der Waals surface area contributed by atoms with Crippen molar-refractivity contribution in [1.82, 2.24) is 0 Å². The molecule has 1 aromatic carbocycles. The molecule has 0 aliphatic carbocycles. The van der Waals surface area contributed by atoms with Gasteiger partial charge in [0, 0.05) is 0 Å². The van der Waals surface area contributed by atoms with Crippen molar-refractivity contribution >= 4 is 11.3 Å². The normalized spacial score (nSPS) is 10.3. The van der Waals surface area contributed by atoms with Crippen molar-refractivity contribution < 1.29 is 13.2 Å². The Hall–Kier alpha value is -1.29. The summed E-state index contributed by atoms with van der Waals surface area (Å²) in [5, 5.41) is 1.41. The molecular weight excluding hydrogens is 221 g/mol. The van der Waals surface area contributed by atoms with E-state index < -0.39 is 11.1 Å². The van der Waals surface area contributed by atoms with Crippen LogP contribution in [0.3, 0.4) is 0 Å². The molecule has 80 valence electrons. The Morgan fingerprint density at radius 2 is 1.27 bits per heavy atom. The summed E-state index contributed by atoms with van der Waals surface area (Å²) in [6.45, 7) is 0. The second-order valence-corrected chi connectivity index (χ2v) is 3.58. The molecule has 0 radical (unpaired) electrons. The van der Waals surface area contributed by atoms with Gasteiger partial charge in [0.25, 0.3) is 0 Å². The minimum absolute atomic E-state index is 0.539. The molecule has 0 aliphatic heterocycles. The highest BCUT2D eigenvalue weighted by molar-refractivity contribution is 7.10. The molecular formula is C11H9F3S. The third-order valence-corrected chi connectivity index (χ3v) is 2.38. The highest BCUT2D eigenvalue weighted by atomic mass is 32.1. The fraction of sp³-hybridized carbons (Fsp3) is 0.0909. The molecule has 0 atom stereocenters. The maximum Gasteiger partial charge on any atom is 0.425 e. The zero-order valence-electron chi connectivity index (χ0n) is 7.74. The molecule has 0 bridgehead atoms. The van der Waals surface area contributed by atoms with Gasteiger partial charge in [-0.2, -0.15) is 13.2 Å². The van der Waals surface area contributed by atoms with Crippen LogP contribution in [-0.4, -0.2) is 0 Å². The molecule has 0 spiro atoms. The molecule has 4 heteroatoms. The predicted molar refractivity (Wildman–Crippen MR) is 55.8 cm³/mol. The molecule has 1 aromatic heterocycles. The highest BCUT2D eigenvalue weighted by Crippen LogP contribution is 2.32. The third kappa shape index (κ3) is 4.65. The van der Waals surface area contributed by atoms with Gasteiger partial charge >= 0.3 is 6.18 Å². The van der Waals surface area contributed by atoms with Crippen LogP contribution in [0.5, 0.6) is 0 Å². The second kappa shape index (κ2) is 5.56. The van der Waals surface area contributed by atoms with E-state index in [2.05, 4.69) is 0 Å². The quantitative estimate of drug-likeness (QED) is 0.627. The van der Waals surface area contributed by atoms with E-state index in [1.165, 1.54) is 11.4 Å². The lowest BCUT2D eigenvalue weighted by atomic mass is 10.4. The summed E-state index contributed by atoms with van der Waals surface area (Å²) < 4.78 is 34.9. The molecule has 2 rings (SSSR count). The maximum atomic E-state index is 11.6. The number of halogens is 3. The minimum atomic E-state index is -4.16. The number of hydrogen-bond donors (Lipinski definition) is 0. The number of hydrogen-bond acceptors (Lipinski definition) is 1. The topological polar surface area (TPSA) is 0 Å². The molecule has 0 saturated heterocycles. The van der Waals surface area contributed by atoms with E-state index >= 15 is 0 Å². The summed E-state index contributed by atoms with van der Waals surface area (Å²) in [4.78, 5) is -0.539. The number of alkyl halides is 3. The van der Waals surface area contributed by atoms with Crippen LogP contribution >= 0.6 is 11.3 Å². The molecule has 0 saturated carbocycles.